The molecule has 0 aromatic carbocycles. The van der Waals surface area contributed by atoms with E-state index in [0.29, 0.717) is 6.04 Å². The van der Waals surface area contributed by atoms with Crippen LogP contribution in [0.2, 0.25) is 0 Å². The predicted molar refractivity (Wildman–Crippen MR) is 76.9 cm³/mol. The van der Waals surface area contributed by atoms with Crippen molar-refractivity contribution in [2.45, 2.75) is 25.8 Å². The van der Waals surface area contributed by atoms with Crippen LogP contribution in [0.15, 0.2) is 30.9 Å². The Kier molecular flexibility index (Phi) is 3.50. The van der Waals surface area contributed by atoms with Gasteiger partial charge in [0.15, 0.2) is 11.6 Å². The maximum Gasteiger partial charge on any atom is 0.182 e. The van der Waals surface area contributed by atoms with E-state index < -0.39 is 0 Å². The van der Waals surface area contributed by atoms with Crippen LogP contribution in [0.5, 0.6) is 5.75 Å². The smallest absolute Gasteiger partial charge is 0.182 e. The van der Waals surface area contributed by atoms with E-state index in [9.17, 15) is 0 Å². The molecule has 104 valence electrons. The lowest BCUT2D eigenvalue weighted by atomic mass is 10.1. The number of rotatable bonds is 3. The number of aromatic nitrogens is 3. The summed E-state index contributed by atoms with van der Waals surface area (Å²) in [7, 11) is 1.67. The Bertz CT molecular complexity index is 588. The van der Waals surface area contributed by atoms with Crippen molar-refractivity contribution in [3.63, 3.8) is 0 Å². The Labute approximate surface area is 118 Å². The maximum absolute atomic E-state index is 5.49. The van der Waals surface area contributed by atoms with Crippen molar-refractivity contribution in [2.75, 3.05) is 18.6 Å². The zero-order chi connectivity index (χ0) is 13.9. The first-order valence-electron chi connectivity index (χ1n) is 6.83. The number of ether oxygens (including phenoxy) is 1. The minimum Gasteiger partial charge on any atom is -0.491 e. The topological polar surface area (TPSA) is 51.1 Å². The van der Waals surface area contributed by atoms with Gasteiger partial charge in [0, 0.05) is 18.9 Å². The standard InChI is InChI=1S/C15H18N4O/c1-11-14(20-2)15(18-10-17-11)19-8-4-6-13(19)12-5-3-7-16-9-12/h3,5,7,9-10,13H,4,6,8H2,1-2H3. The first-order valence-corrected chi connectivity index (χ1v) is 6.83. The highest BCUT2D eigenvalue weighted by Gasteiger charge is 2.29. The minimum atomic E-state index is 0.312. The van der Waals surface area contributed by atoms with E-state index in [4.69, 9.17) is 4.74 Å². The molecule has 5 heteroatoms. The van der Waals surface area contributed by atoms with Crippen LogP contribution in [0.3, 0.4) is 0 Å². The lowest BCUT2D eigenvalue weighted by Crippen LogP contribution is -2.24. The summed E-state index contributed by atoms with van der Waals surface area (Å²) in [6.07, 6.45) is 7.59. The average Bonchev–Trinajstić information content (AvgIpc) is 2.97. The summed E-state index contributed by atoms with van der Waals surface area (Å²) in [5.74, 6) is 1.65. The third-order valence-electron chi connectivity index (χ3n) is 3.76. The lowest BCUT2D eigenvalue weighted by molar-refractivity contribution is 0.406. The quantitative estimate of drug-likeness (QED) is 0.857. The number of methoxy groups -OCH3 is 1. The van der Waals surface area contributed by atoms with Gasteiger partial charge in [0.05, 0.1) is 18.8 Å². The highest BCUT2D eigenvalue weighted by Crippen LogP contribution is 2.39. The summed E-state index contributed by atoms with van der Waals surface area (Å²) >= 11 is 0. The van der Waals surface area contributed by atoms with E-state index in [1.165, 1.54) is 5.56 Å². The fourth-order valence-electron chi connectivity index (χ4n) is 2.83. The van der Waals surface area contributed by atoms with Crippen LogP contribution in [0.4, 0.5) is 5.82 Å². The van der Waals surface area contributed by atoms with Gasteiger partial charge < -0.3 is 9.64 Å². The second-order valence-electron chi connectivity index (χ2n) is 4.95. The van der Waals surface area contributed by atoms with Crippen molar-refractivity contribution in [3.05, 3.63) is 42.1 Å². The molecule has 0 spiro atoms. The van der Waals surface area contributed by atoms with E-state index in [1.807, 2.05) is 19.2 Å². The molecular formula is C15H18N4O. The Morgan fingerprint density at radius 3 is 3.00 bits per heavy atom. The van der Waals surface area contributed by atoms with Crippen molar-refractivity contribution < 1.29 is 4.74 Å². The summed E-state index contributed by atoms with van der Waals surface area (Å²) in [5, 5.41) is 0. The van der Waals surface area contributed by atoms with Crippen LogP contribution in [0.1, 0.15) is 30.1 Å². The lowest BCUT2D eigenvalue weighted by Gasteiger charge is -2.27. The van der Waals surface area contributed by atoms with Gasteiger partial charge >= 0.3 is 0 Å². The number of hydrogen-bond acceptors (Lipinski definition) is 5. The Morgan fingerprint density at radius 1 is 1.35 bits per heavy atom. The van der Waals surface area contributed by atoms with Gasteiger partial charge in [-0.05, 0) is 31.4 Å². The molecule has 0 saturated carbocycles. The molecule has 0 radical (unpaired) electrons. The maximum atomic E-state index is 5.49. The van der Waals surface area contributed by atoms with Gasteiger partial charge in [0.1, 0.15) is 6.33 Å². The van der Waals surface area contributed by atoms with Crippen LogP contribution in [0.25, 0.3) is 0 Å². The van der Waals surface area contributed by atoms with E-state index in [-0.39, 0.29) is 0 Å². The van der Waals surface area contributed by atoms with Crippen molar-refractivity contribution >= 4 is 5.82 Å². The van der Waals surface area contributed by atoms with Gasteiger partial charge in [-0.2, -0.15) is 0 Å². The SMILES string of the molecule is COc1c(C)ncnc1N1CCCC1c1cccnc1. The number of pyridine rings is 1. The molecule has 2 aromatic rings. The van der Waals surface area contributed by atoms with Gasteiger partial charge in [-0.1, -0.05) is 6.07 Å². The van der Waals surface area contributed by atoms with Crippen molar-refractivity contribution in [1.82, 2.24) is 15.0 Å². The molecule has 0 N–H and O–H groups in total. The second kappa shape index (κ2) is 5.45. The molecule has 0 bridgehead atoms. The summed E-state index contributed by atoms with van der Waals surface area (Å²) in [4.78, 5) is 15.2. The Hall–Kier alpha value is -2.17. The third kappa shape index (κ3) is 2.19. The molecule has 1 unspecified atom stereocenters. The zero-order valence-electron chi connectivity index (χ0n) is 11.8. The molecule has 0 aliphatic carbocycles. The normalized spacial score (nSPS) is 18.3. The minimum absolute atomic E-state index is 0.312. The van der Waals surface area contributed by atoms with E-state index in [0.717, 1.165) is 36.6 Å². The number of anilines is 1. The molecule has 1 aliphatic rings. The van der Waals surface area contributed by atoms with Gasteiger partial charge in [-0.15, -0.1) is 0 Å². The largest absolute Gasteiger partial charge is 0.491 e. The van der Waals surface area contributed by atoms with Crippen LogP contribution < -0.4 is 9.64 Å². The van der Waals surface area contributed by atoms with Crippen molar-refractivity contribution in [2.24, 2.45) is 0 Å². The van der Waals surface area contributed by atoms with Crippen molar-refractivity contribution in [1.29, 1.82) is 0 Å². The second-order valence-corrected chi connectivity index (χ2v) is 4.95. The van der Waals surface area contributed by atoms with Gasteiger partial charge in [0.2, 0.25) is 0 Å². The van der Waals surface area contributed by atoms with E-state index in [2.05, 4.69) is 25.9 Å². The van der Waals surface area contributed by atoms with Gasteiger partial charge in [-0.3, -0.25) is 4.98 Å². The van der Waals surface area contributed by atoms with Crippen LogP contribution in [-0.4, -0.2) is 28.6 Å². The number of aryl methyl sites for hydroxylation is 1. The van der Waals surface area contributed by atoms with Crippen molar-refractivity contribution in [3.8, 4) is 5.75 Å². The summed E-state index contributed by atoms with van der Waals surface area (Å²) in [6.45, 7) is 2.92. The molecule has 1 fully saturated rings. The number of hydrogen-bond donors (Lipinski definition) is 0. The molecule has 1 atom stereocenters. The zero-order valence-corrected chi connectivity index (χ0v) is 11.8. The summed E-state index contributed by atoms with van der Waals surface area (Å²) in [5.41, 5.74) is 2.10. The number of nitrogens with zero attached hydrogens (tertiary/aromatic N) is 4. The monoisotopic (exact) mass is 270 g/mol. The molecular weight excluding hydrogens is 252 g/mol. The molecule has 2 aromatic heterocycles. The molecule has 5 nitrogen and oxygen atoms in total. The van der Waals surface area contributed by atoms with Gasteiger partial charge in [0.25, 0.3) is 0 Å². The molecule has 3 rings (SSSR count). The third-order valence-corrected chi connectivity index (χ3v) is 3.76. The van der Waals surface area contributed by atoms with Crippen LogP contribution in [0, 0.1) is 6.92 Å². The summed E-state index contributed by atoms with van der Waals surface area (Å²) < 4.78 is 5.49. The average molecular weight is 270 g/mol. The highest BCUT2D eigenvalue weighted by atomic mass is 16.5. The fraction of sp³-hybridized carbons (Fsp3) is 0.400. The Morgan fingerprint density at radius 2 is 2.25 bits per heavy atom. The fourth-order valence-corrected chi connectivity index (χ4v) is 2.83. The highest BCUT2D eigenvalue weighted by molar-refractivity contribution is 5.56. The molecule has 1 aliphatic heterocycles. The van der Waals surface area contributed by atoms with E-state index >= 15 is 0 Å². The molecule has 20 heavy (non-hydrogen) atoms. The van der Waals surface area contributed by atoms with Crippen LogP contribution in [-0.2, 0) is 0 Å². The molecule has 1 saturated heterocycles. The first kappa shape index (κ1) is 12.8. The van der Waals surface area contributed by atoms with E-state index in [1.54, 1.807) is 19.6 Å². The van der Waals surface area contributed by atoms with Gasteiger partial charge in [-0.25, -0.2) is 9.97 Å². The summed E-state index contributed by atoms with van der Waals surface area (Å²) in [6, 6.07) is 4.41. The van der Waals surface area contributed by atoms with Crippen LogP contribution >= 0.6 is 0 Å². The predicted octanol–water partition coefficient (Wildman–Crippen LogP) is 2.53. The molecule has 3 heterocycles. The molecule has 0 amide bonds. The Balaban J connectivity index is 1.99. The first-order chi connectivity index (χ1) is 9.81.